The molecule has 0 fully saturated rings. The molecule has 0 aromatic heterocycles. The lowest BCUT2D eigenvalue weighted by atomic mass is 9.99. The molecule has 2 aliphatic heterocycles. The summed E-state index contributed by atoms with van der Waals surface area (Å²) in [7, 11) is -1.91. The minimum absolute atomic E-state index is 0.0588. The number of carbonyl (C=O) groups is 1. The average molecular weight is 466 g/mol. The average Bonchev–Trinajstić information content (AvgIpc) is 2.92. The normalized spacial score (nSPS) is 18.9. The molecule has 0 saturated carbocycles. The maximum atomic E-state index is 13.0. The summed E-state index contributed by atoms with van der Waals surface area (Å²) in [6, 6.07) is 8.29. The lowest BCUT2D eigenvalue weighted by molar-refractivity contribution is -0.137. The summed E-state index contributed by atoms with van der Waals surface area (Å²) in [5.74, 6) is -0.408. The Morgan fingerprint density at radius 1 is 1.19 bits per heavy atom. The molecule has 2 aromatic carbocycles. The van der Waals surface area contributed by atoms with Crippen molar-refractivity contribution in [3.63, 3.8) is 0 Å². The van der Waals surface area contributed by atoms with Crippen LogP contribution >= 0.6 is 0 Å². The van der Waals surface area contributed by atoms with Crippen molar-refractivity contribution in [1.82, 2.24) is 0 Å². The second kappa shape index (κ2) is 8.16. The number of carbonyl (C=O) groups excluding carboxylic acids is 1. The standard InChI is InChI=1S/C22H21F3N2O4S/c1-27-19-6-2-5-18(17(19)9-11-32(27,29)30)26-21(28)12-14-4-3-10-31-20-13-15(22(23,24)25)7-8-16(14)20/h2,5-8,12-13H,3-4,9-11H2,1H3,(H,26,28)/b14-12+. The molecule has 2 aliphatic rings. The van der Waals surface area contributed by atoms with Crippen LogP contribution in [-0.2, 0) is 27.4 Å². The van der Waals surface area contributed by atoms with E-state index in [0.29, 0.717) is 35.4 Å². The molecule has 1 amide bonds. The number of amides is 1. The number of fused-ring (bicyclic) bond motifs is 2. The summed E-state index contributed by atoms with van der Waals surface area (Å²) < 4.78 is 70.1. The van der Waals surface area contributed by atoms with E-state index in [0.717, 1.165) is 17.7 Å². The minimum Gasteiger partial charge on any atom is -0.493 e. The Bertz CT molecular complexity index is 1210. The number of halogens is 3. The summed E-state index contributed by atoms with van der Waals surface area (Å²) in [6.07, 6.45) is -1.83. The Kier molecular flexibility index (Phi) is 5.66. The summed E-state index contributed by atoms with van der Waals surface area (Å²) in [6.45, 7) is 0.250. The highest BCUT2D eigenvalue weighted by molar-refractivity contribution is 7.92. The van der Waals surface area contributed by atoms with E-state index < -0.39 is 27.7 Å². The molecule has 0 saturated heterocycles. The smallest absolute Gasteiger partial charge is 0.416 e. The van der Waals surface area contributed by atoms with E-state index >= 15 is 0 Å². The molecule has 0 unspecified atom stereocenters. The molecule has 2 aromatic rings. The maximum absolute atomic E-state index is 13.0. The van der Waals surface area contributed by atoms with Crippen molar-refractivity contribution in [3.05, 3.63) is 59.2 Å². The van der Waals surface area contributed by atoms with E-state index in [9.17, 15) is 26.4 Å². The van der Waals surface area contributed by atoms with Gasteiger partial charge in [-0.1, -0.05) is 12.1 Å². The Labute approximate surface area is 183 Å². The summed E-state index contributed by atoms with van der Waals surface area (Å²) in [5, 5.41) is 2.79. The van der Waals surface area contributed by atoms with Crippen LogP contribution in [0.25, 0.3) is 5.57 Å². The van der Waals surface area contributed by atoms with E-state index in [1.807, 2.05) is 0 Å². The highest BCUT2D eigenvalue weighted by Gasteiger charge is 2.32. The van der Waals surface area contributed by atoms with Crippen molar-refractivity contribution < 1.29 is 31.1 Å². The van der Waals surface area contributed by atoms with Crippen molar-refractivity contribution >= 4 is 32.9 Å². The molecule has 1 N–H and O–H groups in total. The number of anilines is 2. The lowest BCUT2D eigenvalue weighted by Crippen LogP contribution is -2.34. The van der Waals surface area contributed by atoms with Crippen LogP contribution in [0, 0.1) is 0 Å². The molecule has 32 heavy (non-hydrogen) atoms. The SMILES string of the molecule is CN1c2cccc(NC(=O)/C=C3\CCCOc4cc(C(F)(F)F)ccc43)c2CCS1(=O)=O. The highest BCUT2D eigenvalue weighted by Crippen LogP contribution is 2.38. The van der Waals surface area contributed by atoms with Gasteiger partial charge >= 0.3 is 6.18 Å². The third-order valence-corrected chi connectivity index (χ3v) is 7.34. The van der Waals surface area contributed by atoms with Gasteiger partial charge < -0.3 is 10.1 Å². The van der Waals surface area contributed by atoms with E-state index in [1.54, 1.807) is 18.2 Å². The number of hydrogen-bond donors (Lipinski definition) is 1. The van der Waals surface area contributed by atoms with Crippen molar-refractivity contribution in [2.45, 2.75) is 25.4 Å². The van der Waals surface area contributed by atoms with E-state index in [2.05, 4.69) is 5.32 Å². The zero-order valence-corrected chi connectivity index (χ0v) is 18.0. The number of hydrogen-bond acceptors (Lipinski definition) is 4. The first-order chi connectivity index (χ1) is 15.1. The molecule has 4 rings (SSSR count). The van der Waals surface area contributed by atoms with Crippen LogP contribution in [-0.4, -0.2) is 33.7 Å². The van der Waals surface area contributed by atoms with Crippen molar-refractivity contribution in [1.29, 1.82) is 0 Å². The van der Waals surface area contributed by atoms with Crippen LogP contribution < -0.4 is 14.4 Å². The number of rotatable bonds is 2. The van der Waals surface area contributed by atoms with Gasteiger partial charge in [0.25, 0.3) is 0 Å². The maximum Gasteiger partial charge on any atom is 0.416 e. The van der Waals surface area contributed by atoms with Crippen molar-refractivity contribution in [2.24, 2.45) is 0 Å². The number of nitrogens with zero attached hydrogens (tertiary/aromatic N) is 1. The molecule has 0 radical (unpaired) electrons. The second-order valence-corrected chi connectivity index (χ2v) is 9.78. The number of ether oxygens (including phenoxy) is 1. The summed E-state index contributed by atoms with van der Waals surface area (Å²) in [5.41, 5.74) is 1.95. The van der Waals surface area contributed by atoms with Crippen LogP contribution in [0.15, 0.2) is 42.5 Å². The van der Waals surface area contributed by atoms with E-state index in [-0.39, 0.29) is 24.5 Å². The first-order valence-electron chi connectivity index (χ1n) is 10.0. The van der Waals surface area contributed by atoms with Crippen LogP contribution in [0.3, 0.4) is 0 Å². The molecule has 0 atom stereocenters. The fraction of sp³-hybridized carbons (Fsp3) is 0.318. The Hall–Kier alpha value is -3.01. The molecule has 0 spiro atoms. The molecular weight excluding hydrogens is 445 g/mol. The Morgan fingerprint density at radius 3 is 2.72 bits per heavy atom. The molecular formula is C22H21F3N2O4S. The van der Waals surface area contributed by atoms with Crippen molar-refractivity contribution in [3.8, 4) is 5.75 Å². The number of nitrogens with one attached hydrogen (secondary N) is 1. The van der Waals surface area contributed by atoms with Gasteiger partial charge in [0.15, 0.2) is 0 Å². The van der Waals surface area contributed by atoms with Gasteiger partial charge in [-0.05, 0) is 49.1 Å². The summed E-state index contributed by atoms with van der Waals surface area (Å²) >= 11 is 0. The fourth-order valence-electron chi connectivity index (χ4n) is 3.91. The second-order valence-electron chi connectivity index (χ2n) is 7.66. The van der Waals surface area contributed by atoms with Crippen LogP contribution in [0.2, 0.25) is 0 Å². The first-order valence-corrected chi connectivity index (χ1v) is 11.6. The van der Waals surface area contributed by atoms with Gasteiger partial charge in [0.05, 0.1) is 23.6 Å². The zero-order chi connectivity index (χ0) is 23.1. The quantitative estimate of drug-likeness (QED) is 0.673. The van der Waals surface area contributed by atoms with Gasteiger partial charge in [-0.2, -0.15) is 13.2 Å². The van der Waals surface area contributed by atoms with Gasteiger partial charge in [-0.15, -0.1) is 0 Å². The number of sulfonamides is 1. The monoisotopic (exact) mass is 466 g/mol. The highest BCUT2D eigenvalue weighted by atomic mass is 32.2. The number of alkyl halides is 3. The third kappa shape index (κ3) is 4.32. The molecule has 0 aliphatic carbocycles. The predicted octanol–water partition coefficient (Wildman–Crippen LogP) is 4.22. The van der Waals surface area contributed by atoms with Gasteiger partial charge in [0.1, 0.15) is 5.75 Å². The van der Waals surface area contributed by atoms with Crippen LogP contribution in [0.5, 0.6) is 5.75 Å². The lowest BCUT2D eigenvalue weighted by Gasteiger charge is -2.28. The third-order valence-electron chi connectivity index (χ3n) is 5.58. The molecule has 2 heterocycles. The number of benzene rings is 2. The largest absolute Gasteiger partial charge is 0.493 e. The van der Waals surface area contributed by atoms with Crippen LogP contribution in [0.4, 0.5) is 24.5 Å². The van der Waals surface area contributed by atoms with Crippen molar-refractivity contribution in [2.75, 3.05) is 29.0 Å². The topological polar surface area (TPSA) is 75.7 Å². The predicted molar refractivity (Wildman–Crippen MR) is 115 cm³/mol. The van der Waals surface area contributed by atoms with E-state index in [4.69, 9.17) is 4.74 Å². The van der Waals surface area contributed by atoms with Gasteiger partial charge in [-0.3, -0.25) is 9.10 Å². The molecule has 6 nitrogen and oxygen atoms in total. The van der Waals surface area contributed by atoms with Gasteiger partial charge in [-0.25, -0.2) is 8.42 Å². The van der Waals surface area contributed by atoms with Gasteiger partial charge in [0, 0.05) is 29.9 Å². The van der Waals surface area contributed by atoms with E-state index in [1.165, 1.54) is 23.5 Å². The number of allylic oxidation sites excluding steroid dienone is 1. The molecule has 170 valence electrons. The molecule has 10 heteroatoms. The van der Waals surface area contributed by atoms with Gasteiger partial charge in [0.2, 0.25) is 15.9 Å². The molecule has 0 bridgehead atoms. The van der Waals surface area contributed by atoms with Crippen LogP contribution in [0.1, 0.15) is 29.5 Å². The fourth-order valence-corrected chi connectivity index (χ4v) is 5.11. The summed E-state index contributed by atoms with van der Waals surface area (Å²) in [4.78, 5) is 12.8. The Morgan fingerprint density at radius 2 is 1.97 bits per heavy atom. The first kappa shape index (κ1) is 22.2. The Balaban J connectivity index is 1.63. The zero-order valence-electron chi connectivity index (χ0n) is 17.2. The minimum atomic E-state index is -4.49.